The molecule has 1 atom stereocenters. The van der Waals surface area contributed by atoms with Crippen molar-refractivity contribution in [3.05, 3.63) is 23.6 Å². The molecule has 1 aliphatic rings. The molecule has 1 aromatic heterocycles. The molecule has 0 saturated carbocycles. The van der Waals surface area contributed by atoms with Crippen molar-refractivity contribution >= 4 is 11.9 Å². The molecule has 1 amide bonds. The summed E-state index contributed by atoms with van der Waals surface area (Å²) in [4.78, 5) is 18.5. The SMILES string of the molecule is Cc1nc(N2CCN(C(=O)O)C[C@H]2C)ccc1F. The van der Waals surface area contributed by atoms with Gasteiger partial charge in [0.25, 0.3) is 0 Å². The first-order chi connectivity index (χ1) is 8.49. The maximum atomic E-state index is 13.2. The van der Waals surface area contributed by atoms with Crippen molar-refractivity contribution in [1.29, 1.82) is 0 Å². The molecule has 6 heteroatoms. The van der Waals surface area contributed by atoms with Crippen molar-refractivity contribution in [3.8, 4) is 0 Å². The Kier molecular flexibility index (Phi) is 3.36. The standard InChI is InChI=1S/C12H16FN3O2/c1-8-7-15(12(17)18)5-6-16(8)11-4-3-10(13)9(2)14-11/h3-4,8H,5-7H2,1-2H3,(H,17,18)/t8-/m1/s1. The minimum Gasteiger partial charge on any atom is -0.465 e. The summed E-state index contributed by atoms with van der Waals surface area (Å²) in [5.74, 6) is 0.377. The Hall–Kier alpha value is -1.85. The highest BCUT2D eigenvalue weighted by Crippen LogP contribution is 2.19. The maximum absolute atomic E-state index is 13.2. The lowest BCUT2D eigenvalue weighted by Crippen LogP contribution is -2.53. The van der Waals surface area contributed by atoms with E-state index in [1.807, 2.05) is 11.8 Å². The molecule has 2 heterocycles. The molecule has 1 N–H and O–H groups in total. The first kappa shape index (κ1) is 12.6. The zero-order valence-corrected chi connectivity index (χ0v) is 10.4. The van der Waals surface area contributed by atoms with Crippen LogP contribution in [0, 0.1) is 12.7 Å². The number of halogens is 1. The van der Waals surface area contributed by atoms with E-state index in [4.69, 9.17) is 5.11 Å². The highest BCUT2D eigenvalue weighted by Gasteiger charge is 2.27. The van der Waals surface area contributed by atoms with Crippen LogP contribution in [0.4, 0.5) is 15.0 Å². The van der Waals surface area contributed by atoms with E-state index in [0.29, 0.717) is 31.1 Å². The molecular weight excluding hydrogens is 237 g/mol. The number of anilines is 1. The summed E-state index contributed by atoms with van der Waals surface area (Å²) in [6, 6.07) is 3.07. The smallest absolute Gasteiger partial charge is 0.407 e. The Morgan fingerprint density at radius 2 is 2.22 bits per heavy atom. The summed E-state index contributed by atoms with van der Waals surface area (Å²) in [6.45, 7) is 5.02. The minimum absolute atomic E-state index is 0.0345. The van der Waals surface area contributed by atoms with Crippen LogP contribution < -0.4 is 4.90 Å². The van der Waals surface area contributed by atoms with E-state index in [-0.39, 0.29) is 11.9 Å². The van der Waals surface area contributed by atoms with Crippen molar-refractivity contribution < 1.29 is 14.3 Å². The quantitative estimate of drug-likeness (QED) is 0.828. The van der Waals surface area contributed by atoms with E-state index < -0.39 is 6.09 Å². The second-order valence-electron chi connectivity index (χ2n) is 4.51. The van der Waals surface area contributed by atoms with Crippen molar-refractivity contribution in [1.82, 2.24) is 9.88 Å². The largest absolute Gasteiger partial charge is 0.465 e. The summed E-state index contributed by atoms with van der Waals surface area (Å²) >= 11 is 0. The van der Waals surface area contributed by atoms with Gasteiger partial charge < -0.3 is 14.9 Å². The lowest BCUT2D eigenvalue weighted by molar-refractivity contribution is 0.136. The van der Waals surface area contributed by atoms with Crippen LogP contribution in [-0.2, 0) is 0 Å². The lowest BCUT2D eigenvalue weighted by Gasteiger charge is -2.39. The molecule has 2 rings (SSSR count). The Labute approximate surface area is 105 Å². The van der Waals surface area contributed by atoms with Gasteiger partial charge >= 0.3 is 6.09 Å². The van der Waals surface area contributed by atoms with Crippen LogP contribution in [0.15, 0.2) is 12.1 Å². The molecule has 0 aromatic carbocycles. The van der Waals surface area contributed by atoms with E-state index in [9.17, 15) is 9.18 Å². The van der Waals surface area contributed by atoms with Crippen LogP contribution >= 0.6 is 0 Å². The average molecular weight is 253 g/mol. The molecular formula is C12H16FN3O2. The summed E-state index contributed by atoms with van der Waals surface area (Å²) in [7, 11) is 0. The molecule has 1 aromatic rings. The van der Waals surface area contributed by atoms with E-state index >= 15 is 0 Å². The second-order valence-corrected chi connectivity index (χ2v) is 4.51. The van der Waals surface area contributed by atoms with Crippen molar-refractivity contribution in [2.75, 3.05) is 24.5 Å². The third kappa shape index (κ3) is 2.37. The number of hydrogen-bond donors (Lipinski definition) is 1. The molecule has 0 unspecified atom stereocenters. The third-order valence-corrected chi connectivity index (χ3v) is 3.20. The number of piperazine rings is 1. The lowest BCUT2D eigenvalue weighted by atomic mass is 10.2. The van der Waals surface area contributed by atoms with Gasteiger partial charge in [0.2, 0.25) is 0 Å². The van der Waals surface area contributed by atoms with Crippen LogP contribution in [0.3, 0.4) is 0 Å². The summed E-state index contributed by atoms with van der Waals surface area (Å²) in [5.41, 5.74) is 0.361. The molecule has 0 spiro atoms. The van der Waals surface area contributed by atoms with E-state index in [2.05, 4.69) is 4.98 Å². The number of aryl methyl sites for hydroxylation is 1. The second kappa shape index (κ2) is 4.80. The van der Waals surface area contributed by atoms with Crippen molar-refractivity contribution in [2.45, 2.75) is 19.9 Å². The number of carboxylic acid groups (broad SMARTS) is 1. The highest BCUT2D eigenvalue weighted by molar-refractivity contribution is 5.65. The minimum atomic E-state index is -0.898. The van der Waals surface area contributed by atoms with Crippen molar-refractivity contribution in [3.63, 3.8) is 0 Å². The molecule has 0 bridgehead atoms. The van der Waals surface area contributed by atoms with Crippen LogP contribution in [0.1, 0.15) is 12.6 Å². The molecule has 5 nitrogen and oxygen atoms in total. The van der Waals surface area contributed by atoms with E-state index in [1.54, 1.807) is 13.0 Å². The molecule has 0 aliphatic carbocycles. The van der Waals surface area contributed by atoms with E-state index in [0.717, 1.165) is 0 Å². The third-order valence-electron chi connectivity index (χ3n) is 3.20. The number of aromatic nitrogens is 1. The number of hydrogen-bond acceptors (Lipinski definition) is 3. The normalized spacial score (nSPS) is 20.1. The molecule has 98 valence electrons. The Morgan fingerprint density at radius 1 is 1.50 bits per heavy atom. The number of nitrogens with zero attached hydrogens (tertiary/aromatic N) is 3. The van der Waals surface area contributed by atoms with Gasteiger partial charge in [-0.15, -0.1) is 0 Å². The highest BCUT2D eigenvalue weighted by atomic mass is 19.1. The monoisotopic (exact) mass is 253 g/mol. The molecule has 0 radical (unpaired) electrons. The van der Waals surface area contributed by atoms with E-state index in [1.165, 1.54) is 11.0 Å². The molecule has 1 aliphatic heterocycles. The van der Waals surface area contributed by atoms with Crippen LogP contribution in [0.2, 0.25) is 0 Å². The van der Waals surface area contributed by atoms with Crippen molar-refractivity contribution in [2.24, 2.45) is 0 Å². The first-order valence-electron chi connectivity index (χ1n) is 5.86. The van der Waals surface area contributed by atoms with Gasteiger partial charge in [0, 0.05) is 25.7 Å². The van der Waals surface area contributed by atoms with Gasteiger partial charge in [-0.2, -0.15) is 0 Å². The fraction of sp³-hybridized carbons (Fsp3) is 0.500. The van der Waals surface area contributed by atoms with Gasteiger partial charge in [-0.1, -0.05) is 0 Å². The predicted molar refractivity (Wildman–Crippen MR) is 65.3 cm³/mol. The van der Waals surface area contributed by atoms with Gasteiger partial charge in [-0.05, 0) is 26.0 Å². The molecule has 1 fully saturated rings. The van der Waals surface area contributed by atoms with Gasteiger partial charge in [0.1, 0.15) is 11.6 Å². The number of amides is 1. The Morgan fingerprint density at radius 3 is 2.78 bits per heavy atom. The zero-order valence-electron chi connectivity index (χ0n) is 10.4. The van der Waals surface area contributed by atoms with Gasteiger partial charge in [-0.3, -0.25) is 0 Å². The summed E-state index contributed by atoms with van der Waals surface area (Å²) < 4.78 is 13.2. The topological polar surface area (TPSA) is 56.7 Å². The first-order valence-corrected chi connectivity index (χ1v) is 5.86. The van der Waals surface area contributed by atoms with Gasteiger partial charge in [-0.25, -0.2) is 14.2 Å². The van der Waals surface area contributed by atoms with Crippen LogP contribution in [-0.4, -0.2) is 46.8 Å². The number of rotatable bonds is 1. The Balaban J connectivity index is 2.15. The fourth-order valence-electron chi connectivity index (χ4n) is 2.16. The fourth-order valence-corrected chi connectivity index (χ4v) is 2.16. The predicted octanol–water partition coefficient (Wildman–Crippen LogP) is 1.72. The summed E-state index contributed by atoms with van der Waals surface area (Å²) in [6.07, 6.45) is -0.898. The van der Waals surface area contributed by atoms with Crippen LogP contribution in [0.5, 0.6) is 0 Å². The zero-order chi connectivity index (χ0) is 13.3. The van der Waals surface area contributed by atoms with Gasteiger partial charge in [0.15, 0.2) is 0 Å². The number of carbonyl (C=O) groups is 1. The Bertz CT molecular complexity index is 467. The molecule has 18 heavy (non-hydrogen) atoms. The summed E-state index contributed by atoms with van der Waals surface area (Å²) in [5, 5.41) is 8.94. The number of pyridine rings is 1. The van der Waals surface area contributed by atoms with Gasteiger partial charge in [0.05, 0.1) is 5.69 Å². The maximum Gasteiger partial charge on any atom is 0.407 e. The average Bonchev–Trinajstić information content (AvgIpc) is 2.32. The van der Waals surface area contributed by atoms with Crippen LogP contribution in [0.25, 0.3) is 0 Å². The molecule has 1 saturated heterocycles.